The number of alkyl halides is 3. The number of carbonyl (C=O) groups is 2. The van der Waals surface area contributed by atoms with Crippen LogP contribution in [0.1, 0.15) is 33.0 Å². The molecule has 0 radical (unpaired) electrons. The molecule has 12 heteroatoms. The minimum atomic E-state index is -5.03. The third-order valence-electron chi connectivity index (χ3n) is 5.60. The molecule has 0 fully saturated rings. The zero-order chi connectivity index (χ0) is 29.2. The van der Waals surface area contributed by atoms with Crippen LogP contribution >= 0.6 is 11.8 Å². The van der Waals surface area contributed by atoms with Crippen LogP contribution in [0.4, 0.5) is 18.0 Å². The molecule has 1 amide bonds. The van der Waals surface area contributed by atoms with E-state index < -0.39 is 52.2 Å². The number of esters is 1. The van der Waals surface area contributed by atoms with Crippen molar-refractivity contribution in [2.75, 3.05) is 12.0 Å². The Bertz CT molecular complexity index is 1590. The van der Waals surface area contributed by atoms with Crippen LogP contribution in [0.15, 0.2) is 62.2 Å². The van der Waals surface area contributed by atoms with Gasteiger partial charge in [0.2, 0.25) is 11.2 Å². The van der Waals surface area contributed by atoms with Crippen molar-refractivity contribution in [1.82, 2.24) is 5.32 Å². The number of furan rings is 1. The van der Waals surface area contributed by atoms with Gasteiger partial charge in [-0.1, -0.05) is 18.2 Å². The highest BCUT2D eigenvalue weighted by atomic mass is 32.2. The number of alkyl carbamates (subject to hydrolysis) is 1. The van der Waals surface area contributed by atoms with Gasteiger partial charge in [0.1, 0.15) is 39.9 Å². The highest BCUT2D eigenvalue weighted by Crippen LogP contribution is 2.39. The summed E-state index contributed by atoms with van der Waals surface area (Å²) >= 11 is 1.44. The summed E-state index contributed by atoms with van der Waals surface area (Å²) in [6, 6.07) is 10.3. The van der Waals surface area contributed by atoms with Gasteiger partial charge in [-0.3, -0.25) is 4.79 Å². The lowest BCUT2D eigenvalue weighted by Crippen LogP contribution is -2.45. The summed E-state index contributed by atoms with van der Waals surface area (Å²) in [5.41, 5.74) is -2.66. The van der Waals surface area contributed by atoms with E-state index >= 15 is 0 Å². The van der Waals surface area contributed by atoms with Gasteiger partial charge in [0.05, 0.1) is 5.39 Å². The number of para-hydroxylation sites is 1. The Kier molecular flexibility index (Phi) is 8.20. The third-order valence-corrected chi connectivity index (χ3v) is 6.24. The Morgan fingerprint density at radius 1 is 1.02 bits per heavy atom. The molecule has 2 aromatic carbocycles. The van der Waals surface area contributed by atoms with Crippen LogP contribution in [0.2, 0.25) is 0 Å². The second kappa shape index (κ2) is 11.3. The molecule has 0 bridgehead atoms. The van der Waals surface area contributed by atoms with E-state index in [2.05, 4.69) is 5.32 Å². The van der Waals surface area contributed by atoms with Crippen molar-refractivity contribution >= 4 is 45.8 Å². The topological polar surface area (TPSA) is 108 Å². The number of thioether (sulfide) groups is 1. The Morgan fingerprint density at radius 2 is 1.75 bits per heavy atom. The van der Waals surface area contributed by atoms with Gasteiger partial charge >= 0.3 is 18.2 Å². The molecule has 0 saturated carbocycles. The maximum atomic E-state index is 14.1. The second-order valence-corrected chi connectivity index (χ2v) is 10.8. The lowest BCUT2D eigenvalue weighted by Gasteiger charge is -2.22. The van der Waals surface area contributed by atoms with Crippen molar-refractivity contribution in [3.63, 3.8) is 0 Å². The summed E-state index contributed by atoms with van der Waals surface area (Å²) in [5, 5.41) is 2.80. The van der Waals surface area contributed by atoms with Crippen molar-refractivity contribution in [2.45, 2.75) is 45.0 Å². The summed E-state index contributed by atoms with van der Waals surface area (Å²) in [5.74, 6) is -2.37. The number of rotatable bonds is 7. The number of carbonyl (C=O) groups excluding carboxylic acids is 2. The summed E-state index contributed by atoms with van der Waals surface area (Å²) < 4.78 is 63.5. The Balaban J connectivity index is 1.69. The molecule has 0 aliphatic rings. The molecule has 212 valence electrons. The summed E-state index contributed by atoms with van der Waals surface area (Å²) in [6.45, 7) is 5.00. The van der Waals surface area contributed by atoms with E-state index in [0.717, 1.165) is 6.07 Å². The molecule has 0 saturated heterocycles. The molecule has 1 atom stereocenters. The Hall–Kier alpha value is -3.93. The van der Waals surface area contributed by atoms with Crippen LogP contribution in [0.5, 0.6) is 5.75 Å². The average Bonchev–Trinajstić information content (AvgIpc) is 3.28. The lowest BCUT2D eigenvalue weighted by molar-refractivity contribution is -0.152. The van der Waals surface area contributed by atoms with Gasteiger partial charge in [0.15, 0.2) is 0 Å². The first-order valence-electron chi connectivity index (χ1n) is 12.1. The minimum absolute atomic E-state index is 0.172. The Morgan fingerprint density at radius 3 is 2.40 bits per heavy atom. The maximum Gasteiger partial charge on any atom is 0.450 e. The monoisotopic (exact) mass is 577 g/mol. The standard InChI is InChI=1S/C28H26F3NO7S/c1-27(2,3)39-26(35)32-18(11-12-40-4)25(34)36-16-9-10-17-20(14-16)38-24(28(29,30)31)22(23(17)33)21-13-15-7-5-6-8-19(15)37-21/h5-10,13-14,18H,11-12H2,1-4H3,(H,32,35). The smallest absolute Gasteiger partial charge is 0.450 e. The molecule has 8 nitrogen and oxygen atoms in total. The van der Waals surface area contributed by atoms with Crippen LogP contribution in [-0.2, 0) is 15.7 Å². The molecule has 2 heterocycles. The SMILES string of the molecule is CSCCC(NC(=O)OC(C)(C)C)C(=O)Oc1ccc2c(=O)c(-c3cc4ccccc4o3)c(C(F)(F)F)oc2c1. The first-order valence-corrected chi connectivity index (χ1v) is 13.5. The average molecular weight is 578 g/mol. The maximum absolute atomic E-state index is 14.1. The van der Waals surface area contributed by atoms with Gasteiger partial charge in [-0.25, -0.2) is 9.59 Å². The minimum Gasteiger partial charge on any atom is -0.456 e. The number of halogens is 3. The van der Waals surface area contributed by atoms with E-state index in [0.29, 0.717) is 16.7 Å². The van der Waals surface area contributed by atoms with Crippen LogP contribution < -0.4 is 15.5 Å². The molecule has 40 heavy (non-hydrogen) atoms. The number of fused-ring (bicyclic) bond motifs is 2. The van der Waals surface area contributed by atoms with Crippen molar-refractivity contribution in [1.29, 1.82) is 0 Å². The number of hydrogen-bond donors (Lipinski definition) is 1. The normalized spacial score (nSPS) is 12.9. The Labute approximate surface area is 230 Å². The van der Waals surface area contributed by atoms with Gasteiger partial charge in [0, 0.05) is 11.5 Å². The lowest BCUT2D eigenvalue weighted by atomic mass is 10.1. The number of benzene rings is 2. The predicted octanol–water partition coefficient (Wildman–Crippen LogP) is 6.78. The van der Waals surface area contributed by atoms with E-state index in [-0.39, 0.29) is 23.3 Å². The van der Waals surface area contributed by atoms with Crippen molar-refractivity contribution in [3.8, 4) is 17.1 Å². The fraction of sp³-hybridized carbons (Fsp3) is 0.321. The molecule has 1 N–H and O–H groups in total. The van der Waals surface area contributed by atoms with Crippen LogP contribution in [0.3, 0.4) is 0 Å². The van der Waals surface area contributed by atoms with E-state index in [9.17, 15) is 27.6 Å². The fourth-order valence-corrected chi connectivity index (χ4v) is 4.36. The van der Waals surface area contributed by atoms with Crippen molar-refractivity contribution < 1.29 is 41.1 Å². The third kappa shape index (κ3) is 6.61. The van der Waals surface area contributed by atoms with Crippen molar-refractivity contribution in [2.24, 2.45) is 0 Å². The van der Waals surface area contributed by atoms with Gasteiger partial charge in [-0.15, -0.1) is 0 Å². The largest absolute Gasteiger partial charge is 0.456 e. The van der Waals surface area contributed by atoms with E-state index in [1.165, 1.54) is 30.0 Å². The summed E-state index contributed by atoms with van der Waals surface area (Å²) in [7, 11) is 0. The molecule has 0 aliphatic heterocycles. The zero-order valence-corrected chi connectivity index (χ0v) is 22.8. The van der Waals surface area contributed by atoms with E-state index in [1.54, 1.807) is 45.0 Å². The quantitative estimate of drug-likeness (QED) is 0.189. The van der Waals surface area contributed by atoms with Crippen LogP contribution in [0.25, 0.3) is 33.3 Å². The predicted molar refractivity (Wildman–Crippen MR) is 144 cm³/mol. The molecular weight excluding hydrogens is 551 g/mol. The van der Waals surface area contributed by atoms with Crippen LogP contribution in [-0.4, -0.2) is 35.7 Å². The molecular formula is C28H26F3NO7S. The van der Waals surface area contributed by atoms with Crippen LogP contribution in [0, 0.1) is 0 Å². The van der Waals surface area contributed by atoms with Gasteiger partial charge in [-0.05, 0) is 63.5 Å². The highest BCUT2D eigenvalue weighted by Gasteiger charge is 2.40. The first-order chi connectivity index (χ1) is 18.8. The molecule has 1 unspecified atom stereocenters. The summed E-state index contributed by atoms with van der Waals surface area (Å²) in [4.78, 5) is 38.4. The van der Waals surface area contributed by atoms with E-state index in [1.807, 2.05) is 6.26 Å². The number of ether oxygens (including phenoxy) is 2. The number of nitrogens with one attached hydrogen (secondary N) is 1. The van der Waals surface area contributed by atoms with Gasteiger partial charge in [0.25, 0.3) is 0 Å². The first kappa shape index (κ1) is 29.1. The second-order valence-electron chi connectivity index (χ2n) is 9.84. The number of amides is 1. The number of hydrogen-bond acceptors (Lipinski definition) is 8. The van der Waals surface area contributed by atoms with Crippen molar-refractivity contribution in [3.05, 3.63) is 64.5 Å². The zero-order valence-electron chi connectivity index (χ0n) is 22.0. The molecule has 4 aromatic rings. The van der Waals surface area contributed by atoms with Gasteiger partial charge < -0.3 is 23.6 Å². The van der Waals surface area contributed by atoms with Gasteiger partial charge in [-0.2, -0.15) is 24.9 Å². The molecule has 4 rings (SSSR count). The highest BCUT2D eigenvalue weighted by molar-refractivity contribution is 7.98. The van der Waals surface area contributed by atoms with E-state index in [4.69, 9.17) is 18.3 Å². The fourth-order valence-electron chi connectivity index (χ4n) is 3.89. The molecule has 0 aliphatic carbocycles. The molecule has 2 aromatic heterocycles. The summed E-state index contributed by atoms with van der Waals surface area (Å²) in [6.07, 6.45) is -3.83. The molecule has 0 spiro atoms.